The number of rotatable bonds is 7. The largest absolute Gasteiger partial charge is 0.494 e. The van der Waals surface area contributed by atoms with Crippen LogP contribution in [0.1, 0.15) is 45.6 Å². The average molecular weight is 235 g/mol. The minimum absolute atomic E-state index is 0.523. The van der Waals surface area contributed by atoms with E-state index in [1.807, 2.05) is 0 Å². The number of hydrogen-bond donors (Lipinski definition) is 1. The van der Waals surface area contributed by atoms with Crippen molar-refractivity contribution in [1.82, 2.24) is 5.32 Å². The van der Waals surface area contributed by atoms with E-state index in [0.29, 0.717) is 12.0 Å². The Morgan fingerprint density at radius 1 is 1.12 bits per heavy atom. The van der Waals surface area contributed by atoms with Crippen molar-refractivity contribution in [2.24, 2.45) is 0 Å². The summed E-state index contributed by atoms with van der Waals surface area (Å²) in [5, 5.41) is 3.38. The van der Waals surface area contributed by atoms with Crippen molar-refractivity contribution in [3.63, 3.8) is 0 Å². The Hall–Kier alpha value is -1.02. The molecule has 1 N–H and O–H groups in total. The van der Waals surface area contributed by atoms with Gasteiger partial charge in [-0.05, 0) is 43.5 Å². The third-order valence-corrected chi connectivity index (χ3v) is 2.92. The fourth-order valence-electron chi connectivity index (χ4n) is 1.75. The molecule has 2 nitrogen and oxygen atoms in total. The van der Waals surface area contributed by atoms with Crippen LogP contribution in [0, 0.1) is 0 Å². The summed E-state index contributed by atoms with van der Waals surface area (Å²) in [6, 6.07) is 8.94. The molecule has 0 aliphatic carbocycles. The first kappa shape index (κ1) is 14.0. The van der Waals surface area contributed by atoms with Crippen molar-refractivity contribution in [1.29, 1.82) is 0 Å². The smallest absolute Gasteiger partial charge is 0.119 e. The van der Waals surface area contributed by atoms with Gasteiger partial charge in [0.2, 0.25) is 0 Å². The highest BCUT2D eigenvalue weighted by Crippen LogP contribution is 2.18. The van der Waals surface area contributed by atoms with Crippen molar-refractivity contribution < 1.29 is 4.74 Å². The van der Waals surface area contributed by atoms with Crippen molar-refractivity contribution in [2.75, 3.05) is 13.2 Å². The molecule has 0 saturated heterocycles. The summed E-state index contributed by atoms with van der Waals surface area (Å²) in [6.45, 7) is 10.5. The lowest BCUT2D eigenvalue weighted by molar-refractivity contribution is 0.291. The van der Waals surface area contributed by atoms with E-state index in [0.717, 1.165) is 25.3 Å². The van der Waals surface area contributed by atoms with E-state index in [2.05, 4.69) is 57.3 Å². The van der Waals surface area contributed by atoms with Gasteiger partial charge in [0.05, 0.1) is 6.61 Å². The van der Waals surface area contributed by atoms with Gasteiger partial charge in [0.15, 0.2) is 0 Å². The van der Waals surface area contributed by atoms with Crippen LogP contribution in [0.25, 0.3) is 0 Å². The van der Waals surface area contributed by atoms with E-state index in [4.69, 9.17) is 4.74 Å². The maximum Gasteiger partial charge on any atom is 0.119 e. The van der Waals surface area contributed by atoms with Gasteiger partial charge >= 0.3 is 0 Å². The highest BCUT2D eigenvalue weighted by atomic mass is 16.5. The molecular weight excluding hydrogens is 210 g/mol. The van der Waals surface area contributed by atoms with Gasteiger partial charge in [0, 0.05) is 6.04 Å². The Balaban J connectivity index is 2.32. The Bertz CT molecular complexity index is 305. The van der Waals surface area contributed by atoms with Crippen LogP contribution in [0.2, 0.25) is 0 Å². The van der Waals surface area contributed by atoms with Gasteiger partial charge in [0.1, 0.15) is 5.75 Å². The van der Waals surface area contributed by atoms with Crippen molar-refractivity contribution in [3.05, 3.63) is 29.8 Å². The van der Waals surface area contributed by atoms with Gasteiger partial charge in [0.25, 0.3) is 0 Å². The third-order valence-electron chi connectivity index (χ3n) is 2.92. The zero-order valence-electron chi connectivity index (χ0n) is 11.5. The molecular formula is C15H25NO. The fraction of sp³-hybridized carbons (Fsp3) is 0.600. The van der Waals surface area contributed by atoms with Crippen molar-refractivity contribution >= 4 is 0 Å². The lowest BCUT2D eigenvalue weighted by Gasteiger charge is -2.13. The number of hydrogen-bond acceptors (Lipinski definition) is 2. The predicted molar refractivity (Wildman–Crippen MR) is 73.8 cm³/mol. The molecule has 0 aromatic heterocycles. The second-order valence-electron chi connectivity index (χ2n) is 4.82. The highest BCUT2D eigenvalue weighted by molar-refractivity contribution is 5.28. The second kappa shape index (κ2) is 7.33. The SMILES string of the molecule is CCNC(C)CCOc1ccc(C(C)C)cc1. The summed E-state index contributed by atoms with van der Waals surface area (Å²) in [7, 11) is 0. The van der Waals surface area contributed by atoms with Crippen LogP contribution in [-0.4, -0.2) is 19.2 Å². The molecule has 0 bridgehead atoms. The molecule has 2 heteroatoms. The first-order valence-electron chi connectivity index (χ1n) is 6.59. The molecule has 96 valence electrons. The minimum Gasteiger partial charge on any atom is -0.494 e. The lowest BCUT2D eigenvalue weighted by atomic mass is 10.0. The molecule has 17 heavy (non-hydrogen) atoms. The van der Waals surface area contributed by atoms with Crippen LogP contribution in [0.4, 0.5) is 0 Å². The molecule has 0 heterocycles. The predicted octanol–water partition coefficient (Wildman–Crippen LogP) is 3.58. The molecule has 1 atom stereocenters. The Kier molecular flexibility index (Phi) is 6.06. The molecule has 0 radical (unpaired) electrons. The Morgan fingerprint density at radius 2 is 1.76 bits per heavy atom. The van der Waals surface area contributed by atoms with Crippen LogP contribution in [-0.2, 0) is 0 Å². The van der Waals surface area contributed by atoms with Gasteiger partial charge in [-0.3, -0.25) is 0 Å². The van der Waals surface area contributed by atoms with Gasteiger partial charge in [-0.1, -0.05) is 32.9 Å². The first-order valence-corrected chi connectivity index (χ1v) is 6.59. The standard InChI is InChI=1S/C15H25NO/c1-5-16-13(4)10-11-17-15-8-6-14(7-9-15)12(2)3/h6-9,12-13,16H,5,10-11H2,1-4H3. The maximum absolute atomic E-state index is 5.72. The summed E-state index contributed by atoms with van der Waals surface area (Å²) in [6.07, 6.45) is 1.04. The molecule has 1 aromatic rings. The molecule has 0 aliphatic rings. The molecule has 1 unspecified atom stereocenters. The summed E-state index contributed by atoms with van der Waals surface area (Å²) in [4.78, 5) is 0. The molecule has 0 amide bonds. The van der Waals surface area contributed by atoms with Gasteiger partial charge < -0.3 is 10.1 Å². The minimum atomic E-state index is 0.523. The molecule has 0 fully saturated rings. The van der Waals surface area contributed by atoms with E-state index in [1.165, 1.54) is 5.56 Å². The molecule has 1 aromatic carbocycles. The van der Waals surface area contributed by atoms with Crippen LogP contribution in [0.15, 0.2) is 24.3 Å². The third kappa shape index (κ3) is 5.22. The van der Waals surface area contributed by atoms with E-state index < -0.39 is 0 Å². The van der Waals surface area contributed by atoms with E-state index >= 15 is 0 Å². The second-order valence-corrected chi connectivity index (χ2v) is 4.82. The van der Waals surface area contributed by atoms with Crippen molar-refractivity contribution in [2.45, 2.75) is 46.1 Å². The molecule has 1 rings (SSSR count). The zero-order valence-corrected chi connectivity index (χ0v) is 11.5. The average Bonchev–Trinajstić information content (AvgIpc) is 2.30. The summed E-state index contributed by atoms with van der Waals surface area (Å²) >= 11 is 0. The summed E-state index contributed by atoms with van der Waals surface area (Å²) in [5.74, 6) is 1.55. The quantitative estimate of drug-likeness (QED) is 0.780. The monoisotopic (exact) mass is 235 g/mol. The molecule has 0 spiro atoms. The molecule has 0 aliphatic heterocycles. The van der Waals surface area contributed by atoms with E-state index in [1.54, 1.807) is 0 Å². The van der Waals surface area contributed by atoms with E-state index in [-0.39, 0.29) is 0 Å². The normalized spacial score (nSPS) is 12.8. The van der Waals surface area contributed by atoms with E-state index in [9.17, 15) is 0 Å². The number of benzene rings is 1. The van der Waals surface area contributed by atoms with Crippen molar-refractivity contribution in [3.8, 4) is 5.75 Å². The van der Waals surface area contributed by atoms with Crippen LogP contribution < -0.4 is 10.1 Å². The Labute approximate surface area is 105 Å². The van der Waals surface area contributed by atoms with Crippen LogP contribution >= 0.6 is 0 Å². The topological polar surface area (TPSA) is 21.3 Å². The highest BCUT2D eigenvalue weighted by Gasteiger charge is 2.01. The first-order chi connectivity index (χ1) is 8.13. The van der Waals surface area contributed by atoms with Crippen LogP contribution in [0.5, 0.6) is 5.75 Å². The molecule has 0 saturated carbocycles. The summed E-state index contributed by atoms with van der Waals surface area (Å²) in [5.41, 5.74) is 1.36. The number of ether oxygens (including phenoxy) is 1. The van der Waals surface area contributed by atoms with Crippen LogP contribution in [0.3, 0.4) is 0 Å². The van der Waals surface area contributed by atoms with Gasteiger partial charge in [-0.25, -0.2) is 0 Å². The number of nitrogens with one attached hydrogen (secondary N) is 1. The zero-order chi connectivity index (χ0) is 12.7. The fourth-order valence-corrected chi connectivity index (χ4v) is 1.75. The maximum atomic E-state index is 5.72. The lowest BCUT2D eigenvalue weighted by Crippen LogP contribution is -2.27. The van der Waals surface area contributed by atoms with Gasteiger partial charge in [-0.15, -0.1) is 0 Å². The van der Waals surface area contributed by atoms with Gasteiger partial charge in [-0.2, -0.15) is 0 Å². The summed E-state index contributed by atoms with van der Waals surface area (Å²) < 4.78 is 5.72. The Morgan fingerprint density at radius 3 is 2.29 bits per heavy atom.